The van der Waals surface area contributed by atoms with Gasteiger partial charge in [-0.2, -0.15) is 0 Å². The number of anilines is 2. The molecule has 0 spiro atoms. The van der Waals surface area contributed by atoms with E-state index in [0.717, 1.165) is 5.69 Å². The summed E-state index contributed by atoms with van der Waals surface area (Å²) in [5, 5.41) is 12.7. The van der Waals surface area contributed by atoms with Gasteiger partial charge in [0.05, 0.1) is 21.3 Å². The highest BCUT2D eigenvalue weighted by molar-refractivity contribution is 9.10. The monoisotopic (exact) mass is 359 g/mol. The number of aromatic carboxylic acids is 1. The lowest BCUT2D eigenvalue weighted by atomic mass is 10.2. The van der Waals surface area contributed by atoms with Crippen molar-refractivity contribution in [2.24, 2.45) is 0 Å². The van der Waals surface area contributed by atoms with E-state index >= 15 is 0 Å². The molecule has 2 aromatic carbocycles. The molecule has 0 fully saturated rings. The fraction of sp³-hybridized carbons (Fsp3) is 0. The Balaban J connectivity index is 2.26. The van der Waals surface area contributed by atoms with E-state index in [4.69, 9.17) is 28.3 Å². The molecule has 0 atom stereocenters. The molecule has 0 aliphatic carbocycles. The summed E-state index contributed by atoms with van der Waals surface area (Å²) in [5.74, 6) is -0.962. The SMILES string of the molecule is O=C(O)c1ccc(Nc2ccc(Br)c(Cl)c2Cl)cc1. The molecule has 2 aromatic rings. The zero-order valence-corrected chi connectivity index (χ0v) is 12.6. The summed E-state index contributed by atoms with van der Waals surface area (Å²) in [4.78, 5) is 10.7. The van der Waals surface area contributed by atoms with E-state index < -0.39 is 5.97 Å². The van der Waals surface area contributed by atoms with Crippen LogP contribution in [-0.4, -0.2) is 11.1 Å². The number of carbonyl (C=O) groups is 1. The Labute approximate surface area is 128 Å². The molecule has 0 aliphatic rings. The average molecular weight is 361 g/mol. The van der Waals surface area contributed by atoms with Gasteiger partial charge in [-0.1, -0.05) is 23.2 Å². The van der Waals surface area contributed by atoms with Crippen LogP contribution in [0.25, 0.3) is 0 Å². The molecule has 0 radical (unpaired) electrons. The number of carboxylic acids is 1. The third kappa shape index (κ3) is 3.21. The molecule has 0 aromatic heterocycles. The van der Waals surface area contributed by atoms with Gasteiger partial charge in [-0.15, -0.1) is 0 Å². The molecule has 2 N–H and O–H groups in total. The van der Waals surface area contributed by atoms with Gasteiger partial charge in [-0.05, 0) is 52.3 Å². The van der Waals surface area contributed by atoms with Crippen LogP contribution in [0.4, 0.5) is 11.4 Å². The minimum absolute atomic E-state index is 0.227. The largest absolute Gasteiger partial charge is 0.478 e. The van der Waals surface area contributed by atoms with Gasteiger partial charge in [0.2, 0.25) is 0 Å². The second-order valence-corrected chi connectivity index (χ2v) is 5.34. The first-order chi connectivity index (χ1) is 8.99. The fourth-order valence-corrected chi connectivity index (χ4v) is 2.30. The highest BCUT2D eigenvalue weighted by Gasteiger charge is 2.09. The number of benzene rings is 2. The Bertz CT molecular complexity index is 629. The maximum Gasteiger partial charge on any atom is 0.335 e. The summed E-state index contributed by atoms with van der Waals surface area (Å²) in [6.07, 6.45) is 0. The third-order valence-electron chi connectivity index (χ3n) is 2.45. The van der Waals surface area contributed by atoms with Gasteiger partial charge in [0.15, 0.2) is 0 Å². The highest BCUT2D eigenvalue weighted by Crippen LogP contribution is 2.37. The Morgan fingerprint density at radius 2 is 1.68 bits per heavy atom. The lowest BCUT2D eigenvalue weighted by Crippen LogP contribution is -1.97. The van der Waals surface area contributed by atoms with Crippen molar-refractivity contribution in [1.29, 1.82) is 0 Å². The molecule has 0 amide bonds. The van der Waals surface area contributed by atoms with Crippen LogP contribution in [0.2, 0.25) is 10.0 Å². The maximum atomic E-state index is 10.7. The summed E-state index contributed by atoms with van der Waals surface area (Å²) < 4.78 is 0.714. The zero-order chi connectivity index (χ0) is 14.0. The first-order valence-corrected chi connectivity index (χ1v) is 6.78. The molecule has 19 heavy (non-hydrogen) atoms. The Kier molecular flexibility index (Phi) is 4.34. The fourth-order valence-electron chi connectivity index (χ4n) is 1.47. The number of hydrogen-bond donors (Lipinski definition) is 2. The van der Waals surface area contributed by atoms with Crippen molar-refractivity contribution >= 4 is 56.5 Å². The second kappa shape index (κ2) is 5.82. The predicted molar refractivity (Wildman–Crippen MR) is 80.8 cm³/mol. The van der Waals surface area contributed by atoms with Gasteiger partial charge < -0.3 is 10.4 Å². The topological polar surface area (TPSA) is 49.3 Å². The van der Waals surface area contributed by atoms with Crippen LogP contribution in [-0.2, 0) is 0 Å². The van der Waals surface area contributed by atoms with Crippen LogP contribution in [0.5, 0.6) is 0 Å². The summed E-state index contributed by atoms with van der Waals surface area (Å²) >= 11 is 15.4. The smallest absolute Gasteiger partial charge is 0.335 e. The number of rotatable bonds is 3. The van der Waals surface area contributed by atoms with Gasteiger partial charge in [0.25, 0.3) is 0 Å². The van der Waals surface area contributed by atoms with Crippen molar-refractivity contribution < 1.29 is 9.90 Å². The van der Waals surface area contributed by atoms with E-state index in [2.05, 4.69) is 21.2 Å². The predicted octanol–water partition coefficient (Wildman–Crippen LogP) is 5.20. The van der Waals surface area contributed by atoms with Gasteiger partial charge in [0.1, 0.15) is 0 Å². The summed E-state index contributed by atoms with van der Waals surface area (Å²) in [7, 11) is 0. The Morgan fingerprint density at radius 3 is 2.26 bits per heavy atom. The molecule has 0 saturated heterocycles. The molecule has 0 bridgehead atoms. The maximum absolute atomic E-state index is 10.7. The summed E-state index contributed by atoms with van der Waals surface area (Å²) in [6, 6.07) is 9.91. The Hall–Kier alpha value is -1.23. The molecule has 0 aliphatic heterocycles. The van der Waals surface area contributed by atoms with Gasteiger partial charge in [-0.3, -0.25) is 0 Å². The summed E-state index contributed by atoms with van der Waals surface area (Å²) in [5.41, 5.74) is 1.61. The average Bonchev–Trinajstić information content (AvgIpc) is 2.40. The van der Waals surface area contributed by atoms with E-state index in [1.165, 1.54) is 12.1 Å². The van der Waals surface area contributed by atoms with Gasteiger partial charge in [-0.25, -0.2) is 4.79 Å². The van der Waals surface area contributed by atoms with E-state index in [-0.39, 0.29) is 5.56 Å². The van der Waals surface area contributed by atoms with Crippen molar-refractivity contribution in [3.05, 3.63) is 56.5 Å². The van der Waals surface area contributed by atoms with Crippen molar-refractivity contribution in [2.45, 2.75) is 0 Å². The van der Waals surface area contributed by atoms with Gasteiger partial charge >= 0.3 is 5.97 Å². The van der Waals surface area contributed by atoms with Crippen LogP contribution >= 0.6 is 39.1 Å². The number of hydrogen-bond acceptors (Lipinski definition) is 2. The molecular weight excluding hydrogens is 353 g/mol. The minimum Gasteiger partial charge on any atom is -0.478 e. The second-order valence-electron chi connectivity index (χ2n) is 3.73. The zero-order valence-electron chi connectivity index (χ0n) is 9.45. The molecule has 6 heteroatoms. The first-order valence-electron chi connectivity index (χ1n) is 5.23. The Morgan fingerprint density at radius 1 is 1.05 bits per heavy atom. The molecule has 0 saturated carbocycles. The number of nitrogens with one attached hydrogen (secondary N) is 1. The minimum atomic E-state index is -0.962. The third-order valence-corrected chi connectivity index (χ3v) is 4.22. The standard InChI is InChI=1S/C13H8BrCl2NO2/c14-9-5-6-10(12(16)11(9)15)17-8-3-1-7(2-4-8)13(18)19/h1-6,17H,(H,18,19). The van der Waals surface area contributed by atoms with Crippen LogP contribution in [0.3, 0.4) is 0 Å². The van der Waals surface area contributed by atoms with Crippen LogP contribution in [0, 0.1) is 0 Å². The van der Waals surface area contributed by atoms with E-state index in [9.17, 15) is 4.79 Å². The number of carboxylic acid groups (broad SMARTS) is 1. The molecule has 0 heterocycles. The molecule has 3 nitrogen and oxygen atoms in total. The molecule has 2 rings (SSSR count). The number of halogens is 3. The quantitative estimate of drug-likeness (QED) is 0.739. The van der Waals surface area contributed by atoms with Crippen LogP contribution in [0.1, 0.15) is 10.4 Å². The highest BCUT2D eigenvalue weighted by atomic mass is 79.9. The van der Waals surface area contributed by atoms with Crippen molar-refractivity contribution in [3.63, 3.8) is 0 Å². The van der Waals surface area contributed by atoms with Crippen LogP contribution < -0.4 is 5.32 Å². The van der Waals surface area contributed by atoms with Crippen molar-refractivity contribution in [3.8, 4) is 0 Å². The molecular formula is C13H8BrCl2NO2. The lowest BCUT2D eigenvalue weighted by Gasteiger charge is -2.10. The summed E-state index contributed by atoms with van der Waals surface area (Å²) in [6.45, 7) is 0. The van der Waals surface area contributed by atoms with Crippen molar-refractivity contribution in [1.82, 2.24) is 0 Å². The van der Waals surface area contributed by atoms with E-state index in [1.807, 2.05) is 0 Å². The van der Waals surface area contributed by atoms with Crippen molar-refractivity contribution in [2.75, 3.05) is 5.32 Å². The van der Waals surface area contributed by atoms with E-state index in [1.54, 1.807) is 24.3 Å². The normalized spacial score (nSPS) is 10.3. The lowest BCUT2D eigenvalue weighted by molar-refractivity contribution is 0.0697. The van der Waals surface area contributed by atoms with E-state index in [0.29, 0.717) is 20.2 Å². The van der Waals surface area contributed by atoms with Gasteiger partial charge in [0, 0.05) is 10.2 Å². The first kappa shape index (κ1) is 14.2. The molecule has 98 valence electrons. The molecule has 0 unspecified atom stereocenters. The van der Waals surface area contributed by atoms with Crippen LogP contribution in [0.15, 0.2) is 40.9 Å².